The maximum atomic E-state index is 13.5. The van der Waals surface area contributed by atoms with E-state index in [1.165, 1.54) is 11.8 Å². The zero-order valence-corrected chi connectivity index (χ0v) is 26.2. The van der Waals surface area contributed by atoms with Crippen molar-refractivity contribution in [2.24, 2.45) is 45.7 Å². The largest absolute Gasteiger partial charge is 0.461 e. The van der Waals surface area contributed by atoms with Crippen LogP contribution in [0.2, 0.25) is 0 Å². The minimum Gasteiger partial charge on any atom is -0.461 e. The number of aliphatic hydroxyl groups is 1. The zero-order chi connectivity index (χ0) is 29.6. The molecule has 0 spiro atoms. The highest BCUT2D eigenvalue weighted by molar-refractivity contribution is 8.01. The summed E-state index contributed by atoms with van der Waals surface area (Å²) >= 11 is 1.43. The van der Waals surface area contributed by atoms with Crippen molar-refractivity contribution >= 4 is 29.4 Å². The molecule has 8 heteroatoms. The second-order valence-corrected chi connectivity index (χ2v) is 15.8. The van der Waals surface area contributed by atoms with Crippen molar-refractivity contribution in [1.82, 2.24) is 5.32 Å². The Morgan fingerprint density at radius 2 is 1.92 bits per heavy atom. The Morgan fingerprint density at radius 3 is 2.51 bits per heavy atom. The second kappa shape index (κ2) is 11.5. The Kier molecular flexibility index (Phi) is 9.46. The molecule has 1 amide bonds. The minimum absolute atomic E-state index is 0.0382. The summed E-state index contributed by atoms with van der Waals surface area (Å²) in [5.41, 5.74) is 4.49. The standard InChI is InChI=1S/C31H52N2O5S/c1-10-29(8)15-22(38-23(35)16-39-28(6,7)17-33-27(37)24(32)18(2)3)30(9)19(4)11-13-31(20(5)26(29)36)14-12-21(34)25(30)31/h10,18-20,22,24-26,36H,1,11-17,32H2,2-9H3,(H,33,37)/t19?,20?,22?,24?,25-,26?,29+,30+,31-/m0/s1. The molecule has 9 atom stereocenters. The lowest BCUT2D eigenvalue weighted by Gasteiger charge is -2.61. The van der Waals surface area contributed by atoms with Crippen LogP contribution in [0, 0.1) is 39.9 Å². The SMILES string of the molecule is C=C[C@]1(C)CC(OC(=O)CSC(C)(C)CNC(=O)C(N)C(C)C)[C@@]2(C)C(C)CC[C@]3(CCC(=O)[C@H]32)C(C)C1O. The van der Waals surface area contributed by atoms with Gasteiger partial charge in [0.15, 0.2) is 0 Å². The van der Waals surface area contributed by atoms with Gasteiger partial charge in [0.25, 0.3) is 0 Å². The lowest BCUT2D eigenvalue weighted by molar-refractivity contribution is -0.205. The summed E-state index contributed by atoms with van der Waals surface area (Å²) in [6.45, 7) is 20.7. The monoisotopic (exact) mass is 564 g/mol. The molecule has 4 N–H and O–H groups in total. The molecule has 0 heterocycles. The average molecular weight is 565 g/mol. The highest BCUT2D eigenvalue weighted by Crippen LogP contribution is 2.68. The van der Waals surface area contributed by atoms with Crippen LogP contribution >= 0.6 is 11.8 Å². The van der Waals surface area contributed by atoms with Crippen LogP contribution in [0.3, 0.4) is 0 Å². The third-order valence-corrected chi connectivity index (χ3v) is 12.2. The molecule has 0 radical (unpaired) electrons. The third-order valence-electron chi connectivity index (χ3n) is 10.9. The molecule has 3 saturated carbocycles. The quantitative estimate of drug-likeness (QED) is 0.279. The molecule has 5 unspecified atom stereocenters. The van der Waals surface area contributed by atoms with Gasteiger partial charge in [-0.2, -0.15) is 0 Å². The topological polar surface area (TPSA) is 119 Å². The Balaban J connectivity index is 1.82. The molecule has 222 valence electrons. The van der Waals surface area contributed by atoms with E-state index in [0.717, 1.165) is 19.3 Å². The number of rotatable bonds is 9. The zero-order valence-electron chi connectivity index (χ0n) is 25.3. The summed E-state index contributed by atoms with van der Waals surface area (Å²) in [4.78, 5) is 39.2. The van der Waals surface area contributed by atoms with E-state index in [2.05, 4.69) is 32.7 Å². The van der Waals surface area contributed by atoms with Gasteiger partial charge in [-0.25, -0.2) is 0 Å². The highest BCUT2D eigenvalue weighted by Gasteiger charge is 2.68. The van der Waals surface area contributed by atoms with Crippen molar-refractivity contribution in [3.8, 4) is 0 Å². The Labute approximate surface area is 239 Å². The van der Waals surface area contributed by atoms with Gasteiger partial charge >= 0.3 is 5.97 Å². The van der Waals surface area contributed by atoms with E-state index in [1.807, 2.05) is 40.7 Å². The average Bonchev–Trinajstić information content (AvgIpc) is 3.24. The number of nitrogens with one attached hydrogen (secondary N) is 1. The number of aliphatic hydroxyl groups excluding tert-OH is 1. The van der Waals surface area contributed by atoms with Crippen LogP contribution in [0.25, 0.3) is 0 Å². The number of carbonyl (C=O) groups excluding carboxylic acids is 3. The van der Waals surface area contributed by atoms with Gasteiger partial charge in [0, 0.05) is 34.5 Å². The van der Waals surface area contributed by atoms with E-state index in [9.17, 15) is 19.5 Å². The van der Waals surface area contributed by atoms with Crippen molar-refractivity contribution in [2.45, 2.75) is 110 Å². The maximum absolute atomic E-state index is 13.5. The summed E-state index contributed by atoms with van der Waals surface area (Å²) in [5.74, 6) is -0.243. The number of ketones is 1. The van der Waals surface area contributed by atoms with Crippen LogP contribution in [0.5, 0.6) is 0 Å². The third kappa shape index (κ3) is 5.85. The Hall–Kier alpha value is -1.38. The molecule has 3 aliphatic carbocycles. The fourth-order valence-electron chi connectivity index (χ4n) is 7.72. The molecule has 3 fully saturated rings. The molecule has 0 aromatic heterocycles. The smallest absolute Gasteiger partial charge is 0.316 e. The fraction of sp³-hybridized carbons (Fsp3) is 0.839. The van der Waals surface area contributed by atoms with Gasteiger partial charge in [0.05, 0.1) is 17.9 Å². The number of nitrogens with two attached hydrogens (primary N) is 1. The molecule has 0 aromatic rings. The molecule has 3 rings (SSSR count). The number of amides is 1. The normalized spacial score (nSPS) is 39.4. The van der Waals surface area contributed by atoms with E-state index in [0.29, 0.717) is 19.4 Å². The predicted octanol–water partition coefficient (Wildman–Crippen LogP) is 4.50. The first-order valence-electron chi connectivity index (χ1n) is 14.7. The number of ether oxygens (including phenoxy) is 1. The second-order valence-electron chi connectivity index (χ2n) is 14.1. The number of esters is 1. The summed E-state index contributed by atoms with van der Waals surface area (Å²) in [7, 11) is 0. The molecule has 0 aliphatic heterocycles. The van der Waals surface area contributed by atoms with E-state index >= 15 is 0 Å². The van der Waals surface area contributed by atoms with Crippen molar-refractivity contribution in [3.05, 3.63) is 12.7 Å². The van der Waals surface area contributed by atoms with Gasteiger partial charge in [-0.15, -0.1) is 18.3 Å². The first-order chi connectivity index (χ1) is 17.9. The Bertz CT molecular complexity index is 969. The van der Waals surface area contributed by atoms with E-state index in [4.69, 9.17) is 10.5 Å². The van der Waals surface area contributed by atoms with Crippen molar-refractivity contribution in [3.63, 3.8) is 0 Å². The molecule has 39 heavy (non-hydrogen) atoms. The Morgan fingerprint density at radius 1 is 1.28 bits per heavy atom. The van der Waals surface area contributed by atoms with Crippen LogP contribution in [0.15, 0.2) is 12.7 Å². The van der Waals surface area contributed by atoms with Gasteiger partial charge in [0.2, 0.25) is 5.91 Å². The summed E-state index contributed by atoms with van der Waals surface area (Å²) < 4.78 is 5.92. The lowest BCUT2D eigenvalue weighted by atomic mass is 9.44. The van der Waals surface area contributed by atoms with E-state index < -0.39 is 33.8 Å². The fourth-order valence-corrected chi connectivity index (χ4v) is 8.47. The van der Waals surface area contributed by atoms with Gasteiger partial charge in [0.1, 0.15) is 11.9 Å². The number of hydrogen-bond acceptors (Lipinski definition) is 7. The number of thioether (sulfide) groups is 1. The van der Waals surface area contributed by atoms with Crippen molar-refractivity contribution < 1.29 is 24.2 Å². The number of Topliss-reactive ketones (excluding diaryl/α,β-unsaturated/α-hetero) is 1. The van der Waals surface area contributed by atoms with Crippen molar-refractivity contribution in [1.29, 1.82) is 0 Å². The number of carbonyl (C=O) groups is 3. The molecular weight excluding hydrogens is 512 g/mol. The molecule has 2 bridgehead atoms. The first-order valence-corrected chi connectivity index (χ1v) is 15.6. The molecule has 7 nitrogen and oxygen atoms in total. The van der Waals surface area contributed by atoms with Gasteiger partial charge in [-0.3, -0.25) is 14.4 Å². The van der Waals surface area contributed by atoms with Crippen LogP contribution in [-0.4, -0.2) is 58.1 Å². The van der Waals surface area contributed by atoms with Gasteiger partial charge < -0.3 is 20.9 Å². The van der Waals surface area contributed by atoms with Gasteiger partial charge in [-0.05, 0) is 62.7 Å². The summed E-state index contributed by atoms with van der Waals surface area (Å²) in [6.07, 6.45) is 4.17. The maximum Gasteiger partial charge on any atom is 0.316 e. The predicted molar refractivity (Wildman–Crippen MR) is 157 cm³/mol. The molecule has 0 saturated heterocycles. The van der Waals surface area contributed by atoms with Gasteiger partial charge in [-0.1, -0.05) is 47.6 Å². The first kappa shape index (κ1) is 32.1. The summed E-state index contributed by atoms with van der Waals surface area (Å²) in [6, 6.07) is -0.573. The molecular formula is C31H52N2O5S. The highest BCUT2D eigenvalue weighted by atomic mass is 32.2. The van der Waals surface area contributed by atoms with Crippen LogP contribution in [0.4, 0.5) is 0 Å². The number of hydrogen-bond donors (Lipinski definition) is 3. The minimum atomic E-state index is -0.684. The van der Waals surface area contributed by atoms with Crippen molar-refractivity contribution in [2.75, 3.05) is 12.3 Å². The van der Waals surface area contributed by atoms with E-state index in [1.54, 1.807) is 0 Å². The van der Waals surface area contributed by atoms with Crippen LogP contribution < -0.4 is 11.1 Å². The molecule has 3 aliphatic rings. The van der Waals surface area contributed by atoms with Crippen LogP contribution in [0.1, 0.15) is 87.5 Å². The van der Waals surface area contributed by atoms with Crippen LogP contribution in [-0.2, 0) is 19.1 Å². The summed E-state index contributed by atoms with van der Waals surface area (Å²) in [5, 5.41) is 14.6. The lowest BCUT2D eigenvalue weighted by Crippen LogP contribution is -2.63. The van der Waals surface area contributed by atoms with E-state index in [-0.39, 0.29) is 52.5 Å². The molecule has 0 aromatic carbocycles.